The molecule has 33 heavy (non-hydrogen) atoms. The van der Waals surface area contributed by atoms with Crippen molar-refractivity contribution in [3.8, 4) is 11.5 Å². The van der Waals surface area contributed by atoms with Crippen LogP contribution in [0.5, 0.6) is 11.5 Å². The SMILES string of the molecule is C=C(CCNC(=O)/C=C/c1ccc(OC(F)(F)F)cn1)NC(=O)COc1ccc(Cl)c(F)c1. The maximum atomic E-state index is 13.3. The highest BCUT2D eigenvalue weighted by molar-refractivity contribution is 6.30. The van der Waals surface area contributed by atoms with E-state index >= 15 is 0 Å². The molecule has 2 rings (SSSR count). The number of amides is 2. The molecule has 0 unspecified atom stereocenters. The van der Waals surface area contributed by atoms with E-state index in [1.165, 1.54) is 24.3 Å². The van der Waals surface area contributed by atoms with Crippen molar-refractivity contribution in [3.63, 3.8) is 0 Å². The Balaban J connectivity index is 1.67. The predicted molar refractivity (Wildman–Crippen MR) is 112 cm³/mol. The van der Waals surface area contributed by atoms with E-state index < -0.39 is 29.7 Å². The van der Waals surface area contributed by atoms with Crippen LogP contribution in [0.15, 0.2) is 54.9 Å². The number of carbonyl (C=O) groups is 2. The first-order valence-electron chi connectivity index (χ1n) is 9.25. The number of pyridine rings is 1. The molecule has 2 N–H and O–H groups in total. The molecule has 0 saturated carbocycles. The van der Waals surface area contributed by atoms with Gasteiger partial charge in [0.1, 0.15) is 17.3 Å². The summed E-state index contributed by atoms with van der Waals surface area (Å²) in [6.07, 6.45) is -1.26. The highest BCUT2D eigenvalue weighted by Crippen LogP contribution is 2.22. The lowest BCUT2D eigenvalue weighted by Crippen LogP contribution is -2.30. The minimum Gasteiger partial charge on any atom is -0.484 e. The molecule has 1 aromatic carbocycles. The fraction of sp³-hybridized carbons (Fsp3) is 0.190. The van der Waals surface area contributed by atoms with Gasteiger partial charge in [-0.3, -0.25) is 14.6 Å². The van der Waals surface area contributed by atoms with E-state index in [4.69, 9.17) is 16.3 Å². The average molecular weight is 488 g/mol. The van der Waals surface area contributed by atoms with Crippen LogP contribution in [0.4, 0.5) is 17.6 Å². The van der Waals surface area contributed by atoms with Gasteiger partial charge in [0.05, 0.1) is 16.9 Å². The summed E-state index contributed by atoms with van der Waals surface area (Å²) in [7, 11) is 0. The van der Waals surface area contributed by atoms with Gasteiger partial charge in [-0.25, -0.2) is 4.39 Å². The number of hydrogen-bond donors (Lipinski definition) is 2. The van der Waals surface area contributed by atoms with Gasteiger partial charge < -0.3 is 20.1 Å². The number of carbonyl (C=O) groups excluding carboxylic acids is 2. The van der Waals surface area contributed by atoms with Crippen molar-refractivity contribution in [1.29, 1.82) is 0 Å². The number of nitrogens with one attached hydrogen (secondary N) is 2. The zero-order chi connectivity index (χ0) is 24.4. The van der Waals surface area contributed by atoms with E-state index in [2.05, 4.69) is 26.9 Å². The Kier molecular flexibility index (Phi) is 9.22. The maximum absolute atomic E-state index is 13.3. The van der Waals surface area contributed by atoms with Gasteiger partial charge in [0.25, 0.3) is 5.91 Å². The molecule has 0 aliphatic rings. The first-order valence-corrected chi connectivity index (χ1v) is 9.63. The molecule has 0 bridgehead atoms. The zero-order valence-corrected chi connectivity index (χ0v) is 17.7. The van der Waals surface area contributed by atoms with Gasteiger partial charge in [-0.15, -0.1) is 13.2 Å². The highest BCUT2D eigenvalue weighted by Gasteiger charge is 2.31. The van der Waals surface area contributed by atoms with Crippen LogP contribution in [0.25, 0.3) is 6.08 Å². The zero-order valence-electron chi connectivity index (χ0n) is 16.9. The lowest BCUT2D eigenvalue weighted by atomic mass is 10.3. The number of ether oxygens (including phenoxy) is 2. The quantitative estimate of drug-likeness (QED) is 0.390. The van der Waals surface area contributed by atoms with Crippen LogP contribution >= 0.6 is 11.6 Å². The second-order valence-electron chi connectivity index (χ2n) is 6.36. The Morgan fingerprint density at radius 2 is 1.91 bits per heavy atom. The Morgan fingerprint density at radius 3 is 2.55 bits per heavy atom. The van der Waals surface area contributed by atoms with E-state index in [0.29, 0.717) is 5.70 Å². The maximum Gasteiger partial charge on any atom is 0.573 e. The lowest BCUT2D eigenvalue weighted by molar-refractivity contribution is -0.274. The summed E-state index contributed by atoms with van der Waals surface area (Å²) in [5, 5.41) is 4.96. The minimum atomic E-state index is -4.81. The molecule has 0 aliphatic carbocycles. The van der Waals surface area contributed by atoms with Crippen molar-refractivity contribution >= 4 is 29.5 Å². The number of alkyl halides is 3. The summed E-state index contributed by atoms with van der Waals surface area (Å²) in [4.78, 5) is 27.4. The first-order chi connectivity index (χ1) is 15.5. The molecule has 12 heteroatoms. The average Bonchev–Trinajstić information content (AvgIpc) is 2.73. The molecule has 0 aliphatic heterocycles. The number of rotatable bonds is 10. The Hall–Kier alpha value is -3.60. The third kappa shape index (κ3) is 10.0. The second-order valence-corrected chi connectivity index (χ2v) is 6.76. The monoisotopic (exact) mass is 487 g/mol. The predicted octanol–water partition coefficient (Wildman–Crippen LogP) is 4.00. The van der Waals surface area contributed by atoms with Crippen LogP contribution in [-0.2, 0) is 9.59 Å². The largest absolute Gasteiger partial charge is 0.573 e. The molecule has 1 heterocycles. The Labute approximate surface area is 191 Å². The summed E-state index contributed by atoms with van der Waals surface area (Å²) < 4.78 is 58.5. The summed E-state index contributed by atoms with van der Waals surface area (Å²) in [6, 6.07) is 6.08. The summed E-state index contributed by atoms with van der Waals surface area (Å²) in [5.74, 6) is -2.03. The molecule has 7 nitrogen and oxygen atoms in total. The molecule has 2 amide bonds. The molecule has 0 atom stereocenters. The third-order valence-corrected chi connectivity index (χ3v) is 4.01. The third-order valence-electron chi connectivity index (χ3n) is 3.70. The molecular formula is C21H18ClF4N3O4. The number of hydrogen-bond acceptors (Lipinski definition) is 5. The van der Waals surface area contributed by atoms with E-state index in [1.807, 2.05) is 0 Å². The number of nitrogens with zero attached hydrogens (tertiary/aromatic N) is 1. The molecule has 176 valence electrons. The minimum absolute atomic E-state index is 0.0678. The van der Waals surface area contributed by atoms with Crippen molar-refractivity contribution in [2.24, 2.45) is 0 Å². The molecule has 2 aromatic rings. The van der Waals surface area contributed by atoms with Gasteiger partial charge in [0.15, 0.2) is 6.61 Å². The first kappa shape index (κ1) is 25.7. The van der Waals surface area contributed by atoms with E-state index in [9.17, 15) is 27.2 Å². The topological polar surface area (TPSA) is 89.5 Å². The summed E-state index contributed by atoms with van der Waals surface area (Å²) >= 11 is 5.56. The normalized spacial score (nSPS) is 11.2. The molecule has 0 fully saturated rings. The fourth-order valence-corrected chi connectivity index (χ4v) is 2.37. The smallest absolute Gasteiger partial charge is 0.484 e. The Bertz CT molecular complexity index is 1030. The standard InChI is InChI=1S/C21H18ClF4N3O4/c1-13(29-20(31)12-32-15-5-6-17(22)18(23)10-15)8-9-27-19(30)7-3-14-2-4-16(11-28-14)33-21(24,25)26/h2-7,10-11H,1,8-9,12H2,(H,27,30)(H,29,31)/b7-3+. The van der Waals surface area contributed by atoms with Crippen LogP contribution < -0.4 is 20.1 Å². The van der Waals surface area contributed by atoms with Crippen LogP contribution in [0.2, 0.25) is 5.02 Å². The van der Waals surface area contributed by atoms with Crippen molar-refractivity contribution in [2.45, 2.75) is 12.8 Å². The molecule has 0 spiro atoms. The number of benzene rings is 1. The molecule has 1 aromatic heterocycles. The van der Waals surface area contributed by atoms with Gasteiger partial charge >= 0.3 is 6.36 Å². The summed E-state index contributed by atoms with van der Waals surface area (Å²) in [6.45, 7) is 3.43. The van der Waals surface area contributed by atoms with Gasteiger partial charge in [0.2, 0.25) is 5.91 Å². The lowest BCUT2D eigenvalue weighted by Gasteiger charge is -2.10. The van der Waals surface area contributed by atoms with Crippen LogP contribution in [0, 0.1) is 5.82 Å². The van der Waals surface area contributed by atoms with Crippen molar-refractivity contribution in [1.82, 2.24) is 15.6 Å². The van der Waals surface area contributed by atoms with Gasteiger partial charge in [-0.2, -0.15) is 0 Å². The van der Waals surface area contributed by atoms with Crippen molar-refractivity contribution in [3.05, 3.63) is 71.4 Å². The number of halogens is 5. The van der Waals surface area contributed by atoms with Crippen LogP contribution in [0.1, 0.15) is 12.1 Å². The molecule has 0 radical (unpaired) electrons. The fourth-order valence-electron chi connectivity index (χ4n) is 2.25. The van der Waals surface area contributed by atoms with E-state index in [0.717, 1.165) is 24.4 Å². The highest BCUT2D eigenvalue weighted by atomic mass is 35.5. The van der Waals surface area contributed by atoms with Gasteiger partial charge in [-0.05, 0) is 30.3 Å². The summed E-state index contributed by atoms with van der Waals surface area (Å²) in [5.41, 5.74) is 0.564. The van der Waals surface area contributed by atoms with Crippen molar-refractivity contribution < 1.29 is 36.6 Å². The Morgan fingerprint density at radius 1 is 1.18 bits per heavy atom. The van der Waals surface area contributed by atoms with Crippen LogP contribution in [0.3, 0.4) is 0 Å². The van der Waals surface area contributed by atoms with Crippen LogP contribution in [-0.4, -0.2) is 36.3 Å². The van der Waals surface area contributed by atoms with E-state index in [-0.39, 0.29) is 36.0 Å². The number of aromatic nitrogens is 1. The second kappa shape index (κ2) is 11.9. The van der Waals surface area contributed by atoms with E-state index in [1.54, 1.807) is 0 Å². The molecule has 0 saturated heterocycles. The van der Waals surface area contributed by atoms with Gasteiger partial charge in [0, 0.05) is 30.8 Å². The molecular weight excluding hydrogens is 470 g/mol. The van der Waals surface area contributed by atoms with Crippen molar-refractivity contribution in [2.75, 3.05) is 13.2 Å². The van der Waals surface area contributed by atoms with Gasteiger partial charge in [-0.1, -0.05) is 18.2 Å².